The van der Waals surface area contributed by atoms with Crippen LogP contribution >= 0.6 is 0 Å². The van der Waals surface area contributed by atoms with Gasteiger partial charge in [-0.15, -0.1) is 0 Å². The van der Waals surface area contributed by atoms with Crippen LogP contribution in [0.25, 0.3) is 0 Å². The summed E-state index contributed by atoms with van der Waals surface area (Å²) in [5.74, 6) is -0.484. The lowest BCUT2D eigenvalue weighted by Crippen LogP contribution is -2.20. The molecular weight excluding hydrogens is 214 g/mol. The van der Waals surface area contributed by atoms with Crippen molar-refractivity contribution in [3.63, 3.8) is 0 Å². The van der Waals surface area contributed by atoms with E-state index >= 15 is 0 Å². The molecule has 3 nitrogen and oxygen atoms in total. The van der Waals surface area contributed by atoms with E-state index in [4.69, 9.17) is 5.11 Å². The maximum absolute atomic E-state index is 10.8. The zero-order valence-corrected chi connectivity index (χ0v) is 10.4. The van der Waals surface area contributed by atoms with Gasteiger partial charge in [0, 0.05) is 6.04 Å². The van der Waals surface area contributed by atoms with Gasteiger partial charge in [-0.05, 0) is 43.9 Å². The van der Waals surface area contributed by atoms with Gasteiger partial charge in [0.05, 0.1) is 6.42 Å². The third-order valence-corrected chi connectivity index (χ3v) is 3.55. The Balaban J connectivity index is 2.23. The smallest absolute Gasteiger partial charge is 0.303 e. The molecule has 0 bridgehead atoms. The van der Waals surface area contributed by atoms with Crippen molar-refractivity contribution in [2.45, 2.75) is 32.7 Å². The number of aryl methyl sites for hydroxylation is 2. The number of carboxylic acids is 1. The van der Waals surface area contributed by atoms with Crippen LogP contribution < -0.4 is 5.32 Å². The van der Waals surface area contributed by atoms with Crippen molar-refractivity contribution in [1.82, 2.24) is 5.32 Å². The highest BCUT2D eigenvalue weighted by atomic mass is 16.4. The van der Waals surface area contributed by atoms with Crippen LogP contribution in [0.2, 0.25) is 0 Å². The molecule has 1 saturated heterocycles. The first-order valence-electron chi connectivity index (χ1n) is 6.10. The van der Waals surface area contributed by atoms with Gasteiger partial charge < -0.3 is 10.4 Å². The maximum Gasteiger partial charge on any atom is 0.303 e. The van der Waals surface area contributed by atoms with Gasteiger partial charge in [0.2, 0.25) is 0 Å². The number of carbonyl (C=O) groups is 1. The van der Waals surface area contributed by atoms with Gasteiger partial charge in [0.25, 0.3) is 0 Å². The second kappa shape index (κ2) is 4.88. The normalized spacial score (nSPS) is 23.9. The number of hydrogen-bond donors (Lipinski definition) is 2. The van der Waals surface area contributed by atoms with Crippen molar-refractivity contribution in [2.24, 2.45) is 5.92 Å². The van der Waals surface area contributed by atoms with E-state index in [0.717, 1.165) is 13.0 Å². The lowest BCUT2D eigenvalue weighted by atomic mass is 9.89. The summed E-state index contributed by atoms with van der Waals surface area (Å²) in [6.07, 6.45) is 1.20. The lowest BCUT2D eigenvalue weighted by molar-refractivity contribution is -0.138. The molecule has 2 N–H and O–H groups in total. The quantitative estimate of drug-likeness (QED) is 0.843. The summed E-state index contributed by atoms with van der Waals surface area (Å²) in [6.45, 7) is 5.09. The minimum absolute atomic E-state index is 0.201. The van der Waals surface area contributed by atoms with Gasteiger partial charge in [-0.2, -0.15) is 0 Å². The van der Waals surface area contributed by atoms with Crippen LogP contribution in [0.1, 0.15) is 35.6 Å². The van der Waals surface area contributed by atoms with E-state index < -0.39 is 5.97 Å². The van der Waals surface area contributed by atoms with Crippen LogP contribution in [-0.4, -0.2) is 17.6 Å². The largest absolute Gasteiger partial charge is 0.481 e. The molecule has 1 aromatic carbocycles. The first-order valence-corrected chi connectivity index (χ1v) is 6.10. The predicted octanol–water partition coefficient (Wildman–Crippen LogP) is 2.43. The molecule has 1 aliphatic heterocycles. The highest BCUT2D eigenvalue weighted by molar-refractivity contribution is 5.67. The minimum Gasteiger partial charge on any atom is -0.481 e. The fraction of sp³-hybridized carbons (Fsp3) is 0.500. The van der Waals surface area contributed by atoms with Crippen molar-refractivity contribution in [3.05, 3.63) is 34.9 Å². The molecule has 0 amide bonds. The summed E-state index contributed by atoms with van der Waals surface area (Å²) in [7, 11) is 0. The Morgan fingerprint density at radius 3 is 2.88 bits per heavy atom. The molecule has 1 aromatic rings. The van der Waals surface area contributed by atoms with E-state index in [1.807, 2.05) is 0 Å². The fourth-order valence-electron chi connectivity index (χ4n) is 2.74. The summed E-state index contributed by atoms with van der Waals surface area (Å²) < 4.78 is 0. The molecule has 3 heteroatoms. The molecule has 17 heavy (non-hydrogen) atoms. The van der Waals surface area contributed by atoms with Gasteiger partial charge >= 0.3 is 5.97 Å². The topological polar surface area (TPSA) is 49.3 Å². The van der Waals surface area contributed by atoms with Gasteiger partial charge in [-0.25, -0.2) is 0 Å². The van der Waals surface area contributed by atoms with Gasteiger partial charge in [0.15, 0.2) is 0 Å². The first-order chi connectivity index (χ1) is 8.08. The van der Waals surface area contributed by atoms with Gasteiger partial charge in [-0.3, -0.25) is 4.79 Å². The Hall–Kier alpha value is -1.35. The third kappa shape index (κ3) is 2.67. The molecular formula is C14H19NO2. The molecule has 0 spiro atoms. The molecule has 0 aliphatic carbocycles. The van der Waals surface area contributed by atoms with Crippen LogP contribution in [0.3, 0.4) is 0 Å². The maximum atomic E-state index is 10.8. The van der Waals surface area contributed by atoms with Crippen LogP contribution in [0.5, 0.6) is 0 Å². The zero-order valence-electron chi connectivity index (χ0n) is 10.4. The Bertz CT molecular complexity index is 428. The fourth-order valence-corrected chi connectivity index (χ4v) is 2.74. The Kier molecular flexibility index (Phi) is 3.48. The molecule has 1 aliphatic rings. The minimum atomic E-state index is -0.700. The van der Waals surface area contributed by atoms with Gasteiger partial charge in [0.1, 0.15) is 0 Å². The lowest BCUT2D eigenvalue weighted by Gasteiger charge is -2.20. The molecule has 0 saturated carbocycles. The molecule has 92 valence electrons. The van der Waals surface area contributed by atoms with Gasteiger partial charge in [-0.1, -0.05) is 23.8 Å². The number of benzene rings is 1. The molecule has 0 radical (unpaired) electrons. The van der Waals surface area contributed by atoms with E-state index in [-0.39, 0.29) is 18.4 Å². The highest BCUT2D eigenvalue weighted by Crippen LogP contribution is 2.33. The average Bonchev–Trinajstić information content (AvgIpc) is 2.65. The number of aliphatic carboxylic acids is 1. The van der Waals surface area contributed by atoms with E-state index in [0.29, 0.717) is 0 Å². The first kappa shape index (κ1) is 12.1. The van der Waals surface area contributed by atoms with Crippen molar-refractivity contribution in [2.75, 3.05) is 6.54 Å². The second-order valence-electron chi connectivity index (χ2n) is 4.94. The molecule has 1 fully saturated rings. The van der Waals surface area contributed by atoms with E-state index in [1.165, 1.54) is 16.7 Å². The van der Waals surface area contributed by atoms with E-state index in [2.05, 4.69) is 37.4 Å². The molecule has 2 rings (SSSR count). The predicted molar refractivity (Wildman–Crippen MR) is 67.0 cm³/mol. The SMILES string of the molecule is Cc1ccc(C2NCCC2CC(=O)O)c(C)c1. The Morgan fingerprint density at radius 2 is 2.24 bits per heavy atom. The monoisotopic (exact) mass is 233 g/mol. The molecule has 2 atom stereocenters. The average molecular weight is 233 g/mol. The molecule has 0 aromatic heterocycles. The number of rotatable bonds is 3. The summed E-state index contributed by atoms with van der Waals surface area (Å²) in [5.41, 5.74) is 3.75. The van der Waals surface area contributed by atoms with Crippen LogP contribution in [-0.2, 0) is 4.79 Å². The summed E-state index contributed by atoms with van der Waals surface area (Å²) >= 11 is 0. The van der Waals surface area contributed by atoms with Crippen LogP contribution in [0, 0.1) is 19.8 Å². The third-order valence-electron chi connectivity index (χ3n) is 3.55. The van der Waals surface area contributed by atoms with Crippen molar-refractivity contribution in [1.29, 1.82) is 0 Å². The highest BCUT2D eigenvalue weighted by Gasteiger charge is 2.30. The second-order valence-corrected chi connectivity index (χ2v) is 4.94. The standard InChI is InChI=1S/C14H19NO2/c1-9-3-4-12(10(2)7-9)14-11(5-6-15-14)8-13(16)17/h3-4,7,11,14-15H,5-6,8H2,1-2H3,(H,16,17). The number of carboxylic acid groups (broad SMARTS) is 1. The number of hydrogen-bond acceptors (Lipinski definition) is 2. The summed E-state index contributed by atoms with van der Waals surface area (Å²) in [5, 5.41) is 12.3. The molecule has 1 heterocycles. The van der Waals surface area contributed by atoms with Crippen molar-refractivity contribution >= 4 is 5.97 Å². The van der Waals surface area contributed by atoms with Crippen LogP contribution in [0.4, 0.5) is 0 Å². The summed E-state index contributed by atoms with van der Waals surface area (Å²) in [6, 6.07) is 6.59. The Labute approximate surface area is 102 Å². The zero-order chi connectivity index (χ0) is 12.4. The van der Waals surface area contributed by atoms with Crippen molar-refractivity contribution < 1.29 is 9.90 Å². The summed E-state index contributed by atoms with van der Waals surface area (Å²) in [4.78, 5) is 10.8. The number of nitrogens with one attached hydrogen (secondary N) is 1. The van der Waals surface area contributed by atoms with Crippen LogP contribution in [0.15, 0.2) is 18.2 Å². The Morgan fingerprint density at radius 1 is 1.47 bits per heavy atom. The molecule has 2 unspecified atom stereocenters. The van der Waals surface area contributed by atoms with Crippen molar-refractivity contribution in [3.8, 4) is 0 Å². The van der Waals surface area contributed by atoms with E-state index in [9.17, 15) is 4.79 Å². The van der Waals surface area contributed by atoms with E-state index in [1.54, 1.807) is 0 Å².